The Kier molecular flexibility index (Phi) is 4.01. The van der Waals surface area contributed by atoms with E-state index < -0.39 is 9.84 Å². The topological polar surface area (TPSA) is 72.5 Å². The number of nitrogens with one attached hydrogen (secondary N) is 1. The summed E-state index contributed by atoms with van der Waals surface area (Å²) >= 11 is 5.99. The van der Waals surface area contributed by atoms with Crippen LogP contribution in [0.15, 0.2) is 18.2 Å². The SMILES string of the molecule is COc1ccc(C(=O)NC2CCS(=O)(=O)C2)c(Cl)c1. The fourth-order valence-electron chi connectivity index (χ4n) is 1.98. The fraction of sp³-hybridized carbons (Fsp3) is 0.417. The Morgan fingerprint density at radius 2 is 2.21 bits per heavy atom. The molecule has 1 unspecified atom stereocenters. The lowest BCUT2D eigenvalue weighted by molar-refractivity contribution is 0.0941. The Labute approximate surface area is 116 Å². The smallest absolute Gasteiger partial charge is 0.253 e. The van der Waals surface area contributed by atoms with Gasteiger partial charge in [0.15, 0.2) is 9.84 Å². The summed E-state index contributed by atoms with van der Waals surface area (Å²) in [6, 6.07) is 4.39. The molecule has 1 N–H and O–H groups in total. The average molecular weight is 304 g/mol. The van der Waals surface area contributed by atoms with Crippen LogP contribution >= 0.6 is 11.6 Å². The van der Waals surface area contributed by atoms with E-state index in [4.69, 9.17) is 16.3 Å². The summed E-state index contributed by atoms with van der Waals surface area (Å²) in [6.07, 6.45) is 0.446. The Bertz CT molecular complexity index is 600. The van der Waals surface area contributed by atoms with Gasteiger partial charge in [0.25, 0.3) is 5.91 Å². The summed E-state index contributed by atoms with van der Waals surface area (Å²) in [6.45, 7) is 0. The molecular formula is C12H14ClNO4S. The Morgan fingerprint density at radius 3 is 2.74 bits per heavy atom. The first-order chi connectivity index (χ1) is 8.91. The zero-order valence-electron chi connectivity index (χ0n) is 10.3. The lowest BCUT2D eigenvalue weighted by Gasteiger charge is -2.12. The Hall–Kier alpha value is -1.27. The highest BCUT2D eigenvalue weighted by molar-refractivity contribution is 7.91. The van der Waals surface area contributed by atoms with Crippen LogP contribution in [0.3, 0.4) is 0 Å². The van der Waals surface area contributed by atoms with E-state index in [2.05, 4.69) is 5.32 Å². The quantitative estimate of drug-likeness (QED) is 0.912. The molecule has 7 heteroatoms. The van der Waals surface area contributed by atoms with Gasteiger partial charge >= 0.3 is 0 Å². The molecule has 5 nitrogen and oxygen atoms in total. The lowest BCUT2D eigenvalue weighted by atomic mass is 10.1. The predicted octanol–water partition coefficient (Wildman–Crippen LogP) is 1.27. The molecule has 104 valence electrons. The molecule has 1 saturated heterocycles. The summed E-state index contributed by atoms with van der Waals surface area (Å²) in [4.78, 5) is 12.0. The zero-order valence-corrected chi connectivity index (χ0v) is 11.9. The molecule has 0 radical (unpaired) electrons. The predicted molar refractivity (Wildman–Crippen MR) is 72.5 cm³/mol. The molecule has 0 saturated carbocycles. The number of ether oxygens (including phenoxy) is 1. The number of methoxy groups -OCH3 is 1. The van der Waals surface area contributed by atoms with Crippen LogP contribution in [0, 0.1) is 0 Å². The minimum Gasteiger partial charge on any atom is -0.497 e. The average Bonchev–Trinajstić information content (AvgIpc) is 2.68. The highest BCUT2D eigenvalue weighted by atomic mass is 35.5. The van der Waals surface area contributed by atoms with Crippen LogP contribution in [0.1, 0.15) is 16.8 Å². The lowest BCUT2D eigenvalue weighted by Crippen LogP contribution is -2.35. The van der Waals surface area contributed by atoms with E-state index >= 15 is 0 Å². The van der Waals surface area contributed by atoms with Crippen molar-refractivity contribution < 1.29 is 17.9 Å². The number of carbonyl (C=O) groups excluding carboxylic acids is 1. The third-order valence-electron chi connectivity index (χ3n) is 2.99. The number of halogens is 1. The summed E-state index contributed by atoms with van der Waals surface area (Å²) < 4.78 is 27.6. The molecule has 2 rings (SSSR count). The van der Waals surface area contributed by atoms with E-state index in [1.54, 1.807) is 18.2 Å². The van der Waals surface area contributed by atoms with Gasteiger partial charge in [-0.25, -0.2) is 8.42 Å². The fourth-order valence-corrected chi connectivity index (χ4v) is 3.91. The van der Waals surface area contributed by atoms with Crippen LogP contribution in [0.2, 0.25) is 5.02 Å². The first-order valence-corrected chi connectivity index (χ1v) is 7.96. The van der Waals surface area contributed by atoms with Crippen LogP contribution in [0.25, 0.3) is 0 Å². The first kappa shape index (κ1) is 14.1. The summed E-state index contributed by atoms with van der Waals surface area (Å²) in [5, 5.41) is 2.96. The van der Waals surface area contributed by atoms with Crippen LogP contribution in [0.4, 0.5) is 0 Å². The largest absolute Gasteiger partial charge is 0.497 e. The molecule has 1 aromatic carbocycles. The third kappa shape index (κ3) is 3.39. The van der Waals surface area contributed by atoms with Crippen molar-refractivity contribution in [2.45, 2.75) is 12.5 Å². The van der Waals surface area contributed by atoms with E-state index in [0.29, 0.717) is 17.7 Å². The standard InChI is InChI=1S/C12H14ClNO4S/c1-18-9-2-3-10(11(13)6-9)12(15)14-8-4-5-19(16,17)7-8/h2-3,6,8H,4-5,7H2,1H3,(H,14,15). The molecule has 0 spiro atoms. The van der Waals surface area contributed by atoms with Gasteiger partial charge in [-0.1, -0.05) is 11.6 Å². The molecule has 1 heterocycles. The van der Waals surface area contributed by atoms with Gasteiger partial charge in [0, 0.05) is 6.04 Å². The highest BCUT2D eigenvalue weighted by Crippen LogP contribution is 2.22. The Balaban J connectivity index is 2.08. The van der Waals surface area contributed by atoms with Gasteiger partial charge in [-0.3, -0.25) is 4.79 Å². The number of benzene rings is 1. The molecule has 1 aliphatic heterocycles. The van der Waals surface area contributed by atoms with Crippen molar-refractivity contribution in [3.05, 3.63) is 28.8 Å². The van der Waals surface area contributed by atoms with Gasteiger partial charge in [-0.05, 0) is 24.6 Å². The van der Waals surface area contributed by atoms with E-state index in [0.717, 1.165) is 0 Å². The monoisotopic (exact) mass is 303 g/mol. The molecule has 1 aromatic rings. The van der Waals surface area contributed by atoms with Crippen LogP contribution in [0.5, 0.6) is 5.75 Å². The van der Waals surface area contributed by atoms with Crippen molar-refractivity contribution >= 4 is 27.3 Å². The maximum atomic E-state index is 12.0. The second kappa shape index (κ2) is 5.38. The molecule has 19 heavy (non-hydrogen) atoms. The molecule has 1 atom stereocenters. The van der Waals surface area contributed by atoms with Gasteiger partial charge in [-0.15, -0.1) is 0 Å². The van der Waals surface area contributed by atoms with Crippen LogP contribution < -0.4 is 10.1 Å². The number of hydrogen-bond donors (Lipinski definition) is 1. The minimum atomic E-state index is -3.01. The van der Waals surface area contributed by atoms with Crippen molar-refractivity contribution in [2.24, 2.45) is 0 Å². The van der Waals surface area contributed by atoms with Gasteiger partial charge < -0.3 is 10.1 Å². The van der Waals surface area contributed by atoms with Gasteiger partial charge in [0.05, 0.1) is 29.2 Å². The van der Waals surface area contributed by atoms with Crippen molar-refractivity contribution in [1.82, 2.24) is 5.32 Å². The van der Waals surface area contributed by atoms with Crippen molar-refractivity contribution in [3.63, 3.8) is 0 Å². The number of hydrogen-bond acceptors (Lipinski definition) is 4. The van der Waals surface area contributed by atoms with Crippen LogP contribution in [-0.4, -0.2) is 39.0 Å². The van der Waals surface area contributed by atoms with Crippen molar-refractivity contribution in [3.8, 4) is 5.75 Å². The number of amides is 1. The number of carbonyl (C=O) groups is 1. The van der Waals surface area contributed by atoms with Gasteiger partial charge in [0.2, 0.25) is 0 Å². The molecule has 0 bridgehead atoms. The zero-order chi connectivity index (χ0) is 14.0. The minimum absolute atomic E-state index is 0.00743. The second-order valence-corrected chi connectivity index (χ2v) is 7.06. The van der Waals surface area contributed by atoms with Crippen molar-refractivity contribution in [1.29, 1.82) is 0 Å². The van der Waals surface area contributed by atoms with Gasteiger partial charge in [-0.2, -0.15) is 0 Å². The summed E-state index contributed by atoms with van der Waals surface area (Å²) in [5.74, 6) is 0.306. The summed E-state index contributed by atoms with van der Waals surface area (Å²) in [7, 11) is -1.50. The maximum absolute atomic E-state index is 12.0. The highest BCUT2D eigenvalue weighted by Gasteiger charge is 2.29. The first-order valence-electron chi connectivity index (χ1n) is 5.76. The molecule has 1 aliphatic rings. The van der Waals surface area contributed by atoms with E-state index in [-0.39, 0.29) is 28.5 Å². The van der Waals surface area contributed by atoms with E-state index in [1.165, 1.54) is 7.11 Å². The van der Waals surface area contributed by atoms with Crippen LogP contribution in [-0.2, 0) is 9.84 Å². The molecule has 1 fully saturated rings. The molecule has 1 amide bonds. The van der Waals surface area contributed by atoms with E-state index in [9.17, 15) is 13.2 Å². The molecule has 0 aromatic heterocycles. The number of rotatable bonds is 3. The van der Waals surface area contributed by atoms with Crippen molar-refractivity contribution in [2.75, 3.05) is 18.6 Å². The maximum Gasteiger partial charge on any atom is 0.253 e. The van der Waals surface area contributed by atoms with E-state index in [1.807, 2.05) is 0 Å². The molecular weight excluding hydrogens is 290 g/mol. The normalized spacial score (nSPS) is 21.1. The second-order valence-electron chi connectivity index (χ2n) is 4.42. The summed E-state index contributed by atoms with van der Waals surface area (Å²) in [5.41, 5.74) is 0.312. The number of sulfone groups is 1. The molecule has 0 aliphatic carbocycles. The Morgan fingerprint density at radius 1 is 1.47 bits per heavy atom. The third-order valence-corrected chi connectivity index (χ3v) is 5.07. The van der Waals surface area contributed by atoms with Gasteiger partial charge in [0.1, 0.15) is 5.75 Å².